The number of hydrogen-bond donors (Lipinski definition) is 1. The fourth-order valence-corrected chi connectivity index (χ4v) is 5.16. The zero-order valence-electron chi connectivity index (χ0n) is 11.8. The highest BCUT2D eigenvalue weighted by Gasteiger charge is 2.49. The van der Waals surface area contributed by atoms with E-state index < -0.39 is 0 Å². The first-order valence-electron chi connectivity index (χ1n) is 7.71. The van der Waals surface area contributed by atoms with Gasteiger partial charge in [-0.2, -0.15) is 0 Å². The third-order valence-electron chi connectivity index (χ3n) is 6.42. The van der Waals surface area contributed by atoms with Gasteiger partial charge in [-0.15, -0.1) is 0 Å². The number of hydrogen-bond acceptors (Lipinski definition) is 1. The van der Waals surface area contributed by atoms with E-state index in [2.05, 4.69) is 20.8 Å². The first-order chi connectivity index (χ1) is 7.95. The van der Waals surface area contributed by atoms with Gasteiger partial charge in [-0.1, -0.05) is 13.8 Å². The monoisotopic (exact) mass is 235 g/mol. The summed E-state index contributed by atoms with van der Waals surface area (Å²) in [6.45, 7) is 6.95. The molecule has 4 aliphatic rings. The van der Waals surface area contributed by atoms with Crippen molar-refractivity contribution in [3.8, 4) is 0 Å². The second kappa shape index (κ2) is 3.98. The van der Waals surface area contributed by atoms with E-state index in [1.165, 1.54) is 6.42 Å². The quantitative estimate of drug-likeness (QED) is 0.790. The van der Waals surface area contributed by atoms with Crippen LogP contribution < -0.4 is 5.73 Å². The number of nitrogens with two attached hydrogens (primary N) is 1. The third kappa shape index (κ3) is 2.05. The molecule has 1 unspecified atom stereocenters. The second-order valence-corrected chi connectivity index (χ2v) is 8.08. The summed E-state index contributed by atoms with van der Waals surface area (Å²) in [7, 11) is 0. The van der Waals surface area contributed by atoms with Crippen molar-refractivity contribution in [1.82, 2.24) is 0 Å². The molecule has 0 spiro atoms. The predicted molar refractivity (Wildman–Crippen MR) is 72.6 cm³/mol. The fraction of sp³-hybridized carbons (Fsp3) is 1.00. The van der Waals surface area contributed by atoms with Gasteiger partial charge in [-0.25, -0.2) is 0 Å². The zero-order valence-corrected chi connectivity index (χ0v) is 11.8. The van der Waals surface area contributed by atoms with E-state index in [0.29, 0.717) is 11.5 Å². The molecular weight excluding hydrogens is 206 g/mol. The van der Waals surface area contributed by atoms with E-state index in [1.807, 2.05) is 0 Å². The zero-order chi connectivity index (χ0) is 12.2. The molecule has 0 aliphatic heterocycles. The van der Waals surface area contributed by atoms with Crippen molar-refractivity contribution in [2.75, 3.05) is 0 Å². The SMILES string of the molecule is CC(N)C(C)(C)CC1C2CC3CC(C2)CC1C3. The lowest BCUT2D eigenvalue weighted by molar-refractivity contribution is -0.0544. The van der Waals surface area contributed by atoms with E-state index in [1.54, 1.807) is 32.1 Å². The predicted octanol–water partition coefficient (Wildman–Crippen LogP) is 3.82. The summed E-state index contributed by atoms with van der Waals surface area (Å²) in [4.78, 5) is 0. The summed E-state index contributed by atoms with van der Waals surface area (Å²) in [5.74, 6) is 5.33. The Bertz CT molecular complexity index is 264. The van der Waals surface area contributed by atoms with Gasteiger partial charge < -0.3 is 5.73 Å². The molecule has 98 valence electrons. The summed E-state index contributed by atoms with van der Waals surface area (Å²) in [6, 6.07) is 0.333. The van der Waals surface area contributed by atoms with Crippen LogP contribution in [0.5, 0.6) is 0 Å². The Labute approximate surface area is 107 Å². The lowest BCUT2D eigenvalue weighted by atomic mass is 9.50. The Morgan fingerprint density at radius 3 is 1.88 bits per heavy atom. The van der Waals surface area contributed by atoms with Gasteiger partial charge in [0.1, 0.15) is 0 Å². The molecule has 0 saturated heterocycles. The highest BCUT2D eigenvalue weighted by atomic mass is 14.7. The first-order valence-corrected chi connectivity index (χ1v) is 7.71. The summed E-state index contributed by atoms with van der Waals surface area (Å²) in [5, 5.41) is 0. The van der Waals surface area contributed by atoms with Crippen molar-refractivity contribution in [3.63, 3.8) is 0 Å². The Morgan fingerprint density at radius 2 is 1.47 bits per heavy atom. The van der Waals surface area contributed by atoms with Crippen LogP contribution in [-0.4, -0.2) is 6.04 Å². The largest absolute Gasteiger partial charge is 0.327 e. The highest BCUT2D eigenvalue weighted by Crippen LogP contribution is 2.58. The van der Waals surface area contributed by atoms with Crippen LogP contribution in [0.3, 0.4) is 0 Å². The maximum absolute atomic E-state index is 6.17. The maximum atomic E-state index is 6.17. The Kier molecular flexibility index (Phi) is 2.81. The van der Waals surface area contributed by atoms with Gasteiger partial charge in [0.15, 0.2) is 0 Å². The normalized spacial score (nSPS) is 46.2. The minimum Gasteiger partial charge on any atom is -0.327 e. The van der Waals surface area contributed by atoms with Crippen molar-refractivity contribution in [1.29, 1.82) is 0 Å². The van der Waals surface area contributed by atoms with Crippen LogP contribution in [0.2, 0.25) is 0 Å². The summed E-state index contributed by atoms with van der Waals surface area (Å²) in [5.41, 5.74) is 6.51. The van der Waals surface area contributed by atoms with Crippen LogP contribution in [0.25, 0.3) is 0 Å². The van der Waals surface area contributed by atoms with Gasteiger partial charge >= 0.3 is 0 Å². The van der Waals surface area contributed by atoms with Crippen molar-refractivity contribution >= 4 is 0 Å². The minimum atomic E-state index is 0.333. The number of rotatable bonds is 3. The van der Waals surface area contributed by atoms with Gasteiger partial charge in [0.25, 0.3) is 0 Å². The molecule has 2 N–H and O–H groups in total. The Balaban J connectivity index is 1.72. The van der Waals surface area contributed by atoms with Crippen molar-refractivity contribution in [2.24, 2.45) is 40.7 Å². The average Bonchev–Trinajstić information content (AvgIpc) is 2.22. The highest BCUT2D eigenvalue weighted by molar-refractivity contribution is 4.99. The molecule has 4 aliphatic carbocycles. The molecule has 0 aromatic rings. The topological polar surface area (TPSA) is 26.0 Å². The molecule has 1 atom stereocenters. The molecule has 4 rings (SSSR count). The molecule has 0 aromatic heterocycles. The summed E-state index contributed by atoms with van der Waals surface area (Å²) in [6.07, 6.45) is 9.13. The molecule has 0 heterocycles. The van der Waals surface area contributed by atoms with E-state index in [-0.39, 0.29) is 0 Å². The molecule has 1 heteroatoms. The fourth-order valence-electron chi connectivity index (χ4n) is 5.16. The van der Waals surface area contributed by atoms with Crippen LogP contribution in [0.15, 0.2) is 0 Å². The van der Waals surface area contributed by atoms with Crippen LogP contribution in [0, 0.1) is 35.0 Å². The Hall–Kier alpha value is -0.0400. The van der Waals surface area contributed by atoms with Gasteiger partial charge in [0, 0.05) is 6.04 Å². The van der Waals surface area contributed by atoms with Gasteiger partial charge in [-0.3, -0.25) is 0 Å². The molecular formula is C16H29N. The lowest BCUT2D eigenvalue weighted by Gasteiger charge is -2.56. The molecule has 0 radical (unpaired) electrons. The summed E-state index contributed by atoms with van der Waals surface area (Å²) >= 11 is 0. The Morgan fingerprint density at radius 1 is 1.00 bits per heavy atom. The van der Waals surface area contributed by atoms with E-state index in [4.69, 9.17) is 5.73 Å². The van der Waals surface area contributed by atoms with E-state index >= 15 is 0 Å². The molecule has 17 heavy (non-hydrogen) atoms. The van der Waals surface area contributed by atoms with Gasteiger partial charge in [-0.05, 0) is 80.5 Å². The van der Waals surface area contributed by atoms with E-state index in [0.717, 1.165) is 29.6 Å². The van der Waals surface area contributed by atoms with Gasteiger partial charge in [0.05, 0.1) is 0 Å². The summed E-state index contributed by atoms with van der Waals surface area (Å²) < 4.78 is 0. The third-order valence-corrected chi connectivity index (χ3v) is 6.42. The molecule has 4 saturated carbocycles. The van der Waals surface area contributed by atoms with Crippen molar-refractivity contribution in [2.45, 2.75) is 65.3 Å². The van der Waals surface area contributed by atoms with Crippen molar-refractivity contribution in [3.05, 3.63) is 0 Å². The average molecular weight is 235 g/mol. The van der Waals surface area contributed by atoms with Crippen LogP contribution in [0.4, 0.5) is 0 Å². The molecule has 0 amide bonds. The van der Waals surface area contributed by atoms with Crippen molar-refractivity contribution < 1.29 is 0 Å². The minimum absolute atomic E-state index is 0.333. The van der Waals surface area contributed by atoms with E-state index in [9.17, 15) is 0 Å². The smallest absolute Gasteiger partial charge is 0.00618 e. The molecule has 0 aromatic carbocycles. The maximum Gasteiger partial charge on any atom is 0.00618 e. The lowest BCUT2D eigenvalue weighted by Crippen LogP contribution is -2.48. The van der Waals surface area contributed by atoms with Gasteiger partial charge in [0.2, 0.25) is 0 Å². The standard InChI is InChI=1S/C16H29N/c1-10(17)16(2,3)9-15-13-5-11-4-12(7-13)8-14(15)6-11/h10-15H,4-9,17H2,1-3H3. The second-order valence-electron chi connectivity index (χ2n) is 8.08. The van der Waals surface area contributed by atoms with Crippen LogP contribution in [-0.2, 0) is 0 Å². The molecule has 4 bridgehead atoms. The first kappa shape index (κ1) is 12.0. The van der Waals surface area contributed by atoms with Crippen LogP contribution in [0.1, 0.15) is 59.3 Å². The molecule has 1 nitrogen and oxygen atoms in total. The van der Waals surface area contributed by atoms with Crippen LogP contribution >= 0.6 is 0 Å². The molecule has 4 fully saturated rings.